The van der Waals surface area contributed by atoms with E-state index in [1.807, 2.05) is 26.2 Å². The Bertz CT molecular complexity index is 521. The first kappa shape index (κ1) is 17.4. The van der Waals surface area contributed by atoms with Crippen molar-refractivity contribution in [2.24, 2.45) is 5.41 Å². The fraction of sp³-hybridized carbons (Fsp3) is 0.533. The molecule has 1 heterocycles. The molecule has 2 N–H and O–H groups in total. The molecule has 6 heteroatoms. The summed E-state index contributed by atoms with van der Waals surface area (Å²) >= 11 is 1.54. The van der Waals surface area contributed by atoms with Crippen molar-refractivity contribution in [2.45, 2.75) is 40.0 Å². The number of thiazole rings is 1. The van der Waals surface area contributed by atoms with Crippen molar-refractivity contribution >= 4 is 29.3 Å². The molecule has 116 valence electrons. The number of carboxylic acids is 1. The molecular weight excluding hydrogens is 288 g/mol. The molecule has 5 nitrogen and oxygen atoms in total. The zero-order chi connectivity index (χ0) is 15.9. The summed E-state index contributed by atoms with van der Waals surface area (Å²) in [5.74, 6) is -0.941. The first-order valence-corrected chi connectivity index (χ1v) is 7.76. The Morgan fingerprint density at radius 1 is 1.43 bits per heavy atom. The summed E-state index contributed by atoms with van der Waals surface area (Å²) in [6.07, 6.45) is 4.67. The lowest BCUT2D eigenvalue weighted by molar-refractivity contribution is -0.137. The Morgan fingerprint density at radius 3 is 2.71 bits per heavy atom. The molecule has 0 aliphatic heterocycles. The number of rotatable bonds is 8. The van der Waals surface area contributed by atoms with Gasteiger partial charge in [0.2, 0.25) is 5.91 Å². The highest BCUT2D eigenvalue weighted by atomic mass is 32.1. The molecule has 0 unspecified atom stereocenters. The van der Waals surface area contributed by atoms with Gasteiger partial charge in [-0.15, -0.1) is 11.3 Å². The van der Waals surface area contributed by atoms with Gasteiger partial charge in [0.15, 0.2) is 0 Å². The van der Waals surface area contributed by atoms with Gasteiger partial charge in [-0.05, 0) is 31.3 Å². The zero-order valence-corrected chi connectivity index (χ0v) is 13.5. The minimum absolute atomic E-state index is 0.0958. The maximum Gasteiger partial charge on any atom is 0.303 e. The molecule has 0 aromatic carbocycles. The van der Waals surface area contributed by atoms with E-state index < -0.39 is 5.97 Å². The predicted octanol–water partition coefficient (Wildman–Crippen LogP) is 2.86. The summed E-state index contributed by atoms with van der Waals surface area (Å²) in [7, 11) is 0. The van der Waals surface area contributed by atoms with Crippen LogP contribution in [-0.4, -0.2) is 28.5 Å². The van der Waals surface area contributed by atoms with Gasteiger partial charge in [-0.25, -0.2) is 4.98 Å². The van der Waals surface area contributed by atoms with E-state index in [0.717, 1.165) is 17.1 Å². The van der Waals surface area contributed by atoms with Gasteiger partial charge >= 0.3 is 5.97 Å². The number of amides is 1. The lowest BCUT2D eigenvalue weighted by Crippen LogP contribution is -2.27. The summed E-state index contributed by atoms with van der Waals surface area (Å²) in [5, 5.41) is 14.4. The molecule has 0 atom stereocenters. The third kappa shape index (κ3) is 7.60. The van der Waals surface area contributed by atoms with Crippen LogP contribution in [0.4, 0.5) is 0 Å². The van der Waals surface area contributed by atoms with Crippen LogP contribution in [0, 0.1) is 12.3 Å². The fourth-order valence-electron chi connectivity index (χ4n) is 1.77. The molecule has 21 heavy (non-hydrogen) atoms. The topological polar surface area (TPSA) is 79.3 Å². The van der Waals surface area contributed by atoms with Crippen LogP contribution in [-0.2, 0) is 9.59 Å². The second-order valence-corrected chi connectivity index (χ2v) is 6.79. The summed E-state index contributed by atoms with van der Waals surface area (Å²) < 4.78 is 0. The predicted molar refractivity (Wildman–Crippen MR) is 84.2 cm³/mol. The van der Waals surface area contributed by atoms with Crippen molar-refractivity contribution in [3.63, 3.8) is 0 Å². The molecule has 0 aliphatic rings. The van der Waals surface area contributed by atoms with Crippen molar-refractivity contribution < 1.29 is 14.7 Å². The van der Waals surface area contributed by atoms with Crippen molar-refractivity contribution in [2.75, 3.05) is 6.54 Å². The number of hydrogen-bond acceptors (Lipinski definition) is 4. The largest absolute Gasteiger partial charge is 0.481 e. The van der Waals surface area contributed by atoms with Gasteiger partial charge in [-0.3, -0.25) is 9.59 Å². The lowest BCUT2D eigenvalue weighted by Gasteiger charge is -2.23. The Labute approximate surface area is 129 Å². The zero-order valence-electron chi connectivity index (χ0n) is 12.7. The first-order chi connectivity index (χ1) is 9.78. The molecule has 1 amide bonds. The van der Waals surface area contributed by atoms with Gasteiger partial charge in [-0.1, -0.05) is 13.8 Å². The van der Waals surface area contributed by atoms with Crippen LogP contribution in [0.5, 0.6) is 0 Å². The van der Waals surface area contributed by atoms with E-state index >= 15 is 0 Å². The summed E-state index contributed by atoms with van der Waals surface area (Å²) in [6.45, 7) is 6.47. The highest BCUT2D eigenvalue weighted by Crippen LogP contribution is 2.25. The van der Waals surface area contributed by atoms with Crippen molar-refractivity contribution in [1.29, 1.82) is 0 Å². The highest BCUT2D eigenvalue weighted by Gasteiger charge is 2.18. The van der Waals surface area contributed by atoms with E-state index in [2.05, 4.69) is 10.3 Å². The standard InChI is InChI=1S/C15H22N2O3S/c1-11-17-12(10-21-11)4-5-13(18)16-9-8-15(2,3)7-6-14(19)20/h4-5,10H,6-9H2,1-3H3,(H,16,18)(H,19,20). The number of carboxylic acid groups (broad SMARTS) is 1. The van der Waals surface area contributed by atoms with E-state index in [-0.39, 0.29) is 17.7 Å². The Hall–Kier alpha value is -1.69. The Morgan fingerprint density at radius 2 is 2.14 bits per heavy atom. The van der Waals surface area contributed by atoms with Crippen molar-refractivity contribution in [3.05, 3.63) is 22.2 Å². The van der Waals surface area contributed by atoms with Crippen molar-refractivity contribution in [1.82, 2.24) is 10.3 Å². The van der Waals surface area contributed by atoms with E-state index in [4.69, 9.17) is 5.11 Å². The Balaban J connectivity index is 2.29. The van der Waals surface area contributed by atoms with Gasteiger partial charge < -0.3 is 10.4 Å². The normalized spacial score (nSPS) is 11.8. The summed E-state index contributed by atoms with van der Waals surface area (Å²) in [6, 6.07) is 0. The maximum atomic E-state index is 11.7. The maximum absolute atomic E-state index is 11.7. The Kier molecular flexibility index (Phi) is 6.55. The summed E-state index contributed by atoms with van der Waals surface area (Å²) in [4.78, 5) is 26.5. The number of hydrogen-bond donors (Lipinski definition) is 2. The van der Waals surface area contributed by atoms with Crippen LogP contribution < -0.4 is 5.32 Å². The minimum atomic E-state index is -0.784. The van der Waals surface area contributed by atoms with Gasteiger partial charge in [-0.2, -0.15) is 0 Å². The molecule has 0 saturated heterocycles. The van der Waals surface area contributed by atoms with E-state index in [1.165, 1.54) is 6.08 Å². The third-order valence-corrected chi connectivity index (χ3v) is 3.95. The van der Waals surface area contributed by atoms with Crippen LogP contribution >= 0.6 is 11.3 Å². The fourth-order valence-corrected chi connectivity index (χ4v) is 2.35. The molecule has 0 bridgehead atoms. The molecule has 1 aromatic rings. The van der Waals surface area contributed by atoms with Crippen LogP contribution in [0.3, 0.4) is 0 Å². The quantitative estimate of drug-likeness (QED) is 0.724. The van der Waals surface area contributed by atoms with Crippen molar-refractivity contribution in [3.8, 4) is 0 Å². The number of aryl methyl sites for hydroxylation is 1. The third-order valence-electron chi connectivity index (χ3n) is 3.16. The summed E-state index contributed by atoms with van der Waals surface area (Å²) in [5.41, 5.74) is 0.691. The second-order valence-electron chi connectivity index (χ2n) is 5.72. The molecule has 0 aliphatic carbocycles. The average molecular weight is 310 g/mol. The van der Waals surface area contributed by atoms with E-state index in [1.54, 1.807) is 17.4 Å². The first-order valence-electron chi connectivity index (χ1n) is 6.88. The van der Waals surface area contributed by atoms with E-state index in [0.29, 0.717) is 13.0 Å². The molecule has 1 rings (SSSR count). The van der Waals surface area contributed by atoms with E-state index in [9.17, 15) is 9.59 Å². The second kappa shape index (κ2) is 7.93. The molecule has 0 fully saturated rings. The number of aliphatic carboxylic acids is 1. The van der Waals surface area contributed by atoms with Gasteiger partial charge in [0.05, 0.1) is 10.7 Å². The molecule has 1 aromatic heterocycles. The number of carbonyl (C=O) groups is 2. The van der Waals surface area contributed by atoms with Gasteiger partial charge in [0, 0.05) is 24.4 Å². The van der Waals surface area contributed by atoms with Crippen LogP contribution in [0.2, 0.25) is 0 Å². The average Bonchev–Trinajstić information content (AvgIpc) is 2.80. The SMILES string of the molecule is Cc1nc(C=CC(=O)NCCC(C)(C)CCC(=O)O)cs1. The minimum Gasteiger partial charge on any atom is -0.481 e. The smallest absolute Gasteiger partial charge is 0.303 e. The van der Waals surface area contributed by atoms with Crippen LogP contribution in [0.25, 0.3) is 6.08 Å². The number of nitrogens with zero attached hydrogens (tertiary/aromatic N) is 1. The van der Waals surface area contributed by atoms with Crippen LogP contribution in [0.1, 0.15) is 43.8 Å². The molecule has 0 spiro atoms. The number of aromatic nitrogens is 1. The molecule has 0 saturated carbocycles. The monoisotopic (exact) mass is 310 g/mol. The van der Waals surface area contributed by atoms with Gasteiger partial charge in [0.25, 0.3) is 0 Å². The number of carbonyl (C=O) groups excluding carboxylic acids is 1. The number of nitrogens with one attached hydrogen (secondary N) is 1. The molecular formula is C15H22N2O3S. The lowest BCUT2D eigenvalue weighted by atomic mass is 9.84. The van der Waals surface area contributed by atoms with Gasteiger partial charge in [0.1, 0.15) is 0 Å². The highest BCUT2D eigenvalue weighted by molar-refractivity contribution is 7.09. The molecule has 0 radical (unpaired) electrons. The van der Waals surface area contributed by atoms with Crippen LogP contribution in [0.15, 0.2) is 11.5 Å².